The van der Waals surface area contributed by atoms with Crippen molar-refractivity contribution < 1.29 is 9.53 Å². The number of carbonyl (C=O) groups is 1. The average molecular weight is 218 g/mol. The first-order valence-electron chi connectivity index (χ1n) is 4.69. The number of esters is 1. The quantitative estimate of drug-likeness (QED) is 0.725. The molecule has 5 heteroatoms. The summed E-state index contributed by atoms with van der Waals surface area (Å²) < 4.78 is 4.65. The smallest absolute Gasteiger partial charge is 0.340 e. The molecule has 0 saturated heterocycles. The third-order valence-corrected chi connectivity index (χ3v) is 2.41. The van der Waals surface area contributed by atoms with Crippen molar-refractivity contribution in [1.29, 1.82) is 0 Å². The van der Waals surface area contributed by atoms with E-state index in [-0.39, 0.29) is 5.56 Å². The Balaban J connectivity index is 2.92. The number of carbonyl (C=O) groups excluding carboxylic acids is 1. The zero-order valence-corrected chi connectivity index (χ0v) is 8.90. The summed E-state index contributed by atoms with van der Waals surface area (Å²) in [4.78, 5) is 29.5. The van der Waals surface area contributed by atoms with Crippen molar-refractivity contribution in [1.82, 2.24) is 9.97 Å². The van der Waals surface area contributed by atoms with Crippen LogP contribution >= 0.6 is 0 Å². The summed E-state index contributed by atoms with van der Waals surface area (Å²) in [5, 5.41) is 0.980. The van der Waals surface area contributed by atoms with Crippen LogP contribution in [-0.2, 0) is 4.74 Å². The van der Waals surface area contributed by atoms with Crippen LogP contribution in [0.1, 0.15) is 15.9 Å². The maximum Gasteiger partial charge on any atom is 0.340 e. The van der Waals surface area contributed by atoms with Crippen LogP contribution in [0.5, 0.6) is 0 Å². The second-order valence-corrected chi connectivity index (χ2v) is 3.40. The van der Waals surface area contributed by atoms with Crippen LogP contribution in [0, 0.1) is 6.92 Å². The highest BCUT2D eigenvalue weighted by Crippen LogP contribution is 2.18. The zero-order chi connectivity index (χ0) is 11.7. The number of nitrogens with one attached hydrogen (secondary N) is 1. The summed E-state index contributed by atoms with van der Waals surface area (Å²) in [6, 6.07) is 0. The minimum atomic E-state index is -0.494. The van der Waals surface area contributed by atoms with Crippen molar-refractivity contribution in [2.24, 2.45) is 0 Å². The summed E-state index contributed by atoms with van der Waals surface area (Å²) in [6.45, 7) is 1.81. The Morgan fingerprint density at radius 2 is 2.19 bits per heavy atom. The number of methoxy groups -OCH3 is 1. The van der Waals surface area contributed by atoms with Crippen molar-refractivity contribution in [3.05, 3.63) is 40.1 Å². The molecule has 5 nitrogen and oxygen atoms in total. The Labute approximate surface area is 91.1 Å². The summed E-state index contributed by atoms with van der Waals surface area (Å²) >= 11 is 0. The summed E-state index contributed by atoms with van der Waals surface area (Å²) in [5.41, 5.74) is 0.847. The molecule has 0 aromatic carbocycles. The number of fused-ring (bicyclic) bond motifs is 1. The van der Waals surface area contributed by atoms with E-state index in [1.807, 2.05) is 6.92 Å². The molecule has 0 aliphatic carbocycles. The van der Waals surface area contributed by atoms with Gasteiger partial charge in [-0.15, -0.1) is 0 Å². The lowest BCUT2D eigenvalue weighted by atomic mass is 10.1. The molecule has 0 amide bonds. The number of aromatic nitrogens is 2. The first kappa shape index (κ1) is 10.4. The maximum absolute atomic E-state index is 11.5. The molecule has 1 N–H and O–H groups in total. The van der Waals surface area contributed by atoms with Crippen molar-refractivity contribution >= 4 is 16.7 Å². The van der Waals surface area contributed by atoms with Gasteiger partial charge in [-0.2, -0.15) is 0 Å². The van der Waals surface area contributed by atoms with E-state index in [0.717, 1.165) is 5.56 Å². The van der Waals surface area contributed by atoms with Crippen molar-refractivity contribution in [2.45, 2.75) is 6.92 Å². The SMILES string of the molecule is COC(=O)c1cncc2c(=O)[nH]cc(C)c12. The Morgan fingerprint density at radius 3 is 2.88 bits per heavy atom. The van der Waals surface area contributed by atoms with Crippen LogP contribution in [-0.4, -0.2) is 23.0 Å². The fourth-order valence-corrected chi connectivity index (χ4v) is 1.65. The Bertz CT molecular complexity index is 616. The lowest BCUT2D eigenvalue weighted by molar-refractivity contribution is 0.0602. The van der Waals surface area contributed by atoms with Gasteiger partial charge < -0.3 is 9.72 Å². The third-order valence-electron chi connectivity index (χ3n) is 2.41. The van der Waals surface area contributed by atoms with Crippen LogP contribution in [0.2, 0.25) is 0 Å². The van der Waals surface area contributed by atoms with Gasteiger partial charge in [-0.05, 0) is 12.5 Å². The number of ether oxygens (including phenoxy) is 1. The Morgan fingerprint density at radius 1 is 1.44 bits per heavy atom. The second-order valence-electron chi connectivity index (χ2n) is 3.40. The second kappa shape index (κ2) is 3.77. The molecule has 0 aliphatic heterocycles. The molecule has 0 saturated carbocycles. The van der Waals surface area contributed by atoms with Crippen molar-refractivity contribution in [3.63, 3.8) is 0 Å². The molecular formula is C11H10N2O3. The van der Waals surface area contributed by atoms with Crippen LogP contribution < -0.4 is 5.56 Å². The van der Waals surface area contributed by atoms with E-state index < -0.39 is 5.97 Å². The normalized spacial score (nSPS) is 10.4. The van der Waals surface area contributed by atoms with E-state index in [0.29, 0.717) is 16.3 Å². The number of pyridine rings is 2. The molecule has 0 aliphatic rings. The Hall–Kier alpha value is -2.17. The van der Waals surface area contributed by atoms with Gasteiger partial charge in [-0.1, -0.05) is 0 Å². The third kappa shape index (κ3) is 1.46. The van der Waals surface area contributed by atoms with Gasteiger partial charge in [0.2, 0.25) is 0 Å². The number of aryl methyl sites for hydroxylation is 1. The van der Waals surface area contributed by atoms with E-state index in [4.69, 9.17) is 0 Å². The first-order valence-corrected chi connectivity index (χ1v) is 4.69. The molecule has 2 heterocycles. The van der Waals surface area contributed by atoms with E-state index >= 15 is 0 Å². The molecule has 0 fully saturated rings. The van der Waals surface area contributed by atoms with E-state index in [9.17, 15) is 9.59 Å². The van der Waals surface area contributed by atoms with Crippen LogP contribution in [0.15, 0.2) is 23.4 Å². The summed E-state index contributed by atoms with van der Waals surface area (Å²) in [6.07, 6.45) is 4.41. The van der Waals surface area contributed by atoms with Gasteiger partial charge in [0.05, 0.1) is 18.1 Å². The number of hydrogen-bond donors (Lipinski definition) is 1. The van der Waals surface area contributed by atoms with E-state index in [1.165, 1.54) is 19.5 Å². The predicted molar refractivity (Wildman–Crippen MR) is 58.4 cm³/mol. The molecular weight excluding hydrogens is 208 g/mol. The lowest BCUT2D eigenvalue weighted by Crippen LogP contribution is -2.11. The van der Waals surface area contributed by atoms with Gasteiger partial charge in [0.1, 0.15) is 0 Å². The molecule has 2 aromatic rings. The van der Waals surface area contributed by atoms with Crippen molar-refractivity contribution in [2.75, 3.05) is 7.11 Å². The topological polar surface area (TPSA) is 72.0 Å². The predicted octanol–water partition coefficient (Wildman–Crippen LogP) is 1.02. The van der Waals surface area contributed by atoms with Crippen LogP contribution in [0.25, 0.3) is 10.8 Å². The molecule has 0 bridgehead atoms. The Kier molecular flexibility index (Phi) is 2.44. The molecule has 2 rings (SSSR count). The summed E-state index contributed by atoms with van der Waals surface area (Å²) in [5.74, 6) is -0.494. The largest absolute Gasteiger partial charge is 0.465 e. The number of nitrogens with zero attached hydrogens (tertiary/aromatic N) is 1. The summed E-state index contributed by atoms with van der Waals surface area (Å²) in [7, 11) is 1.30. The lowest BCUT2D eigenvalue weighted by Gasteiger charge is -2.05. The van der Waals surface area contributed by atoms with E-state index in [1.54, 1.807) is 6.20 Å². The van der Waals surface area contributed by atoms with Crippen LogP contribution in [0.3, 0.4) is 0 Å². The number of hydrogen-bond acceptors (Lipinski definition) is 4. The fraction of sp³-hybridized carbons (Fsp3) is 0.182. The molecule has 0 atom stereocenters. The highest BCUT2D eigenvalue weighted by atomic mass is 16.5. The number of H-pyrrole nitrogens is 1. The number of rotatable bonds is 1. The minimum Gasteiger partial charge on any atom is -0.465 e. The van der Waals surface area contributed by atoms with Crippen LogP contribution in [0.4, 0.5) is 0 Å². The standard InChI is InChI=1S/C11H10N2O3/c1-6-3-13-10(14)7-4-12-5-8(9(6)7)11(15)16-2/h3-5H,1-2H3,(H,13,14). The van der Waals surface area contributed by atoms with Gasteiger partial charge in [-0.25, -0.2) is 4.79 Å². The molecule has 0 spiro atoms. The molecule has 16 heavy (non-hydrogen) atoms. The minimum absolute atomic E-state index is 0.265. The van der Waals surface area contributed by atoms with Gasteiger partial charge in [0, 0.05) is 24.0 Å². The van der Waals surface area contributed by atoms with Gasteiger partial charge in [0.25, 0.3) is 5.56 Å². The average Bonchev–Trinajstić information content (AvgIpc) is 2.32. The maximum atomic E-state index is 11.5. The molecule has 0 unspecified atom stereocenters. The first-order chi connectivity index (χ1) is 7.65. The molecule has 2 aromatic heterocycles. The number of aromatic amines is 1. The molecule has 0 radical (unpaired) electrons. The monoisotopic (exact) mass is 218 g/mol. The zero-order valence-electron chi connectivity index (χ0n) is 8.90. The van der Waals surface area contributed by atoms with Gasteiger partial charge in [-0.3, -0.25) is 9.78 Å². The highest BCUT2D eigenvalue weighted by Gasteiger charge is 2.14. The van der Waals surface area contributed by atoms with Crippen molar-refractivity contribution in [3.8, 4) is 0 Å². The fourth-order valence-electron chi connectivity index (χ4n) is 1.65. The highest BCUT2D eigenvalue weighted by molar-refractivity contribution is 6.04. The van der Waals surface area contributed by atoms with E-state index in [2.05, 4.69) is 14.7 Å². The molecule has 82 valence electrons. The van der Waals surface area contributed by atoms with Gasteiger partial charge >= 0.3 is 5.97 Å². The van der Waals surface area contributed by atoms with Gasteiger partial charge in [0.15, 0.2) is 0 Å².